The van der Waals surface area contributed by atoms with Crippen LogP contribution in [0, 0.1) is 0 Å². The van der Waals surface area contributed by atoms with Crippen molar-refractivity contribution in [1.29, 1.82) is 0 Å². The van der Waals surface area contributed by atoms with E-state index in [9.17, 15) is 0 Å². The van der Waals surface area contributed by atoms with E-state index in [1.165, 1.54) is 11.1 Å². The zero-order valence-electron chi connectivity index (χ0n) is 14.0. The van der Waals surface area contributed by atoms with Crippen LogP contribution in [0.25, 0.3) is 0 Å². The lowest BCUT2D eigenvalue weighted by atomic mass is 9.83. The van der Waals surface area contributed by atoms with Crippen molar-refractivity contribution < 1.29 is 4.84 Å². The molecule has 0 unspecified atom stereocenters. The maximum atomic E-state index is 6.26. The number of benzene rings is 2. The molecule has 2 aromatic carbocycles. The van der Waals surface area contributed by atoms with Gasteiger partial charge in [0.05, 0.1) is 11.9 Å². The fourth-order valence-corrected chi connectivity index (χ4v) is 3.73. The first-order valence-electron chi connectivity index (χ1n) is 8.35. The first-order chi connectivity index (χ1) is 12.2. The van der Waals surface area contributed by atoms with Gasteiger partial charge in [0.2, 0.25) is 0 Å². The highest BCUT2D eigenvalue weighted by Gasteiger charge is 2.47. The molecular weight excluding hydrogens is 334 g/mol. The lowest BCUT2D eigenvalue weighted by molar-refractivity contribution is -0.176. The Morgan fingerprint density at radius 3 is 2.60 bits per heavy atom. The maximum Gasteiger partial charge on any atom is 0.107 e. The van der Waals surface area contributed by atoms with Crippen molar-refractivity contribution in [2.45, 2.75) is 24.6 Å². The number of likely N-dealkylation sites (N-methyl/N-ethyl adjacent to an activating group) is 1. The monoisotopic (exact) mass is 353 g/mol. The second-order valence-electron chi connectivity index (χ2n) is 6.48. The second-order valence-corrected chi connectivity index (χ2v) is 6.92. The summed E-state index contributed by atoms with van der Waals surface area (Å²) in [5.74, 6) is 0. The third kappa shape index (κ3) is 3.09. The Morgan fingerprint density at radius 1 is 1.16 bits per heavy atom. The Kier molecular flexibility index (Phi) is 4.34. The molecule has 2 atom stereocenters. The molecule has 1 saturated heterocycles. The van der Waals surface area contributed by atoms with Crippen molar-refractivity contribution in [3.8, 4) is 0 Å². The van der Waals surface area contributed by atoms with Gasteiger partial charge in [-0.25, -0.2) is 4.98 Å². The first-order valence-corrected chi connectivity index (χ1v) is 8.72. The van der Waals surface area contributed by atoms with Gasteiger partial charge in [-0.2, -0.15) is 5.06 Å². The summed E-state index contributed by atoms with van der Waals surface area (Å²) in [6.45, 7) is 0.758. The van der Waals surface area contributed by atoms with Crippen molar-refractivity contribution in [3.63, 3.8) is 0 Å². The number of hydrogen-bond donors (Lipinski definition) is 0. The van der Waals surface area contributed by atoms with E-state index < -0.39 is 0 Å². The normalized spacial score (nSPS) is 23.8. The Hall–Kier alpha value is -2.14. The lowest BCUT2D eigenvalue weighted by Crippen LogP contribution is -2.41. The van der Waals surface area contributed by atoms with Crippen LogP contribution >= 0.6 is 11.6 Å². The minimum Gasteiger partial charge on any atom is -0.335 e. The molecule has 0 amide bonds. The molecule has 0 aliphatic carbocycles. The van der Waals surface area contributed by atoms with Gasteiger partial charge in [0.25, 0.3) is 0 Å². The van der Waals surface area contributed by atoms with E-state index in [-0.39, 0.29) is 11.6 Å². The van der Waals surface area contributed by atoms with Crippen LogP contribution in [0.15, 0.2) is 73.3 Å². The molecule has 5 heteroatoms. The number of imidazole rings is 1. The number of hydrogen-bond acceptors (Lipinski definition) is 3. The molecule has 1 fully saturated rings. The van der Waals surface area contributed by atoms with Gasteiger partial charge in [0, 0.05) is 37.4 Å². The summed E-state index contributed by atoms with van der Waals surface area (Å²) in [4.78, 5) is 10.5. The summed E-state index contributed by atoms with van der Waals surface area (Å²) in [5, 5.41) is 2.73. The molecular formula is C20H20ClN3O. The highest BCUT2D eigenvalue weighted by Crippen LogP contribution is 2.46. The maximum absolute atomic E-state index is 6.26. The third-order valence-electron chi connectivity index (χ3n) is 4.97. The van der Waals surface area contributed by atoms with E-state index in [0.29, 0.717) is 0 Å². The van der Waals surface area contributed by atoms with Crippen LogP contribution in [0.3, 0.4) is 0 Å². The lowest BCUT2D eigenvalue weighted by Gasteiger charge is -2.34. The van der Waals surface area contributed by atoms with Crippen molar-refractivity contribution in [1.82, 2.24) is 14.6 Å². The molecule has 0 bridgehead atoms. The standard InChI is InChI=1S/C20H20ClN3O/c1-23-20(14-24-12-11-22-15-24,17-7-9-18(21)10-8-17)13-19(25-23)16-5-3-2-4-6-16/h2-12,15,19H,13-14H2,1H3/t19-,20+/m0/s1. The summed E-state index contributed by atoms with van der Waals surface area (Å²) < 4.78 is 2.10. The van der Waals surface area contributed by atoms with Gasteiger partial charge in [0.1, 0.15) is 6.10 Å². The van der Waals surface area contributed by atoms with Crippen LogP contribution in [0.2, 0.25) is 5.02 Å². The van der Waals surface area contributed by atoms with Crippen molar-refractivity contribution in [3.05, 3.63) is 89.5 Å². The average molecular weight is 354 g/mol. The van der Waals surface area contributed by atoms with E-state index in [1.807, 2.05) is 42.8 Å². The van der Waals surface area contributed by atoms with Crippen LogP contribution in [0.4, 0.5) is 0 Å². The molecule has 0 radical (unpaired) electrons. The van der Waals surface area contributed by atoms with Crippen molar-refractivity contribution >= 4 is 11.6 Å². The molecule has 1 aliphatic rings. The first kappa shape index (κ1) is 16.3. The van der Waals surface area contributed by atoms with Crippen LogP contribution in [-0.4, -0.2) is 21.7 Å². The number of nitrogens with zero attached hydrogens (tertiary/aromatic N) is 3. The zero-order chi connectivity index (χ0) is 17.3. The van der Waals surface area contributed by atoms with Gasteiger partial charge >= 0.3 is 0 Å². The fraction of sp³-hybridized carbons (Fsp3) is 0.250. The van der Waals surface area contributed by atoms with Crippen molar-refractivity contribution in [2.75, 3.05) is 7.05 Å². The van der Waals surface area contributed by atoms with Crippen LogP contribution in [-0.2, 0) is 16.9 Å². The predicted octanol–water partition coefficient (Wildman–Crippen LogP) is 4.44. The molecule has 0 N–H and O–H groups in total. The Labute approximate surface area is 152 Å². The molecule has 0 saturated carbocycles. The summed E-state index contributed by atoms with van der Waals surface area (Å²) in [6, 6.07) is 18.4. The van der Waals surface area contributed by atoms with E-state index in [1.54, 1.807) is 6.20 Å². The number of aromatic nitrogens is 2. The SMILES string of the molecule is CN1O[C@H](c2ccccc2)C[C@@]1(Cn1ccnc1)c1ccc(Cl)cc1. The topological polar surface area (TPSA) is 30.3 Å². The Balaban J connectivity index is 1.74. The molecule has 3 aromatic rings. The van der Waals surface area contributed by atoms with Gasteiger partial charge in [-0.05, 0) is 23.3 Å². The molecule has 128 valence electrons. The van der Waals surface area contributed by atoms with E-state index >= 15 is 0 Å². The Morgan fingerprint density at radius 2 is 1.92 bits per heavy atom. The number of hydroxylamine groups is 2. The smallest absolute Gasteiger partial charge is 0.107 e. The minimum atomic E-state index is -0.286. The second kappa shape index (κ2) is 6.64. The number of halogens is 1. The van der Waals surface area contributed by atoms with Crippen LogP contribution < -0.4 is 0 Å². The van der Waals surface area contributed by atoms with Gasteiger partial charge < -0.3 is 4.57 Å². The van der Waals surface area contributed by atoms with E-state index in [4.69, 9.17) is 16.4 Å². The summed E-state index contributed by atoms with van der Waals surface area (Å²) in [6.07, 6.45) is 6.51. The van der Waals surface area contributed by atoms with Gasteiger partial charge in [-0.15, -0.1) is 0 Å². The zero-order valence-corrected chi connectivity index (χ0v) is 14.8. The van der Waals surface area contributed by atoms with Gasteiger partial charge in [0.15, 0.2) is 0 Å². The number of rotatable bonds is 4. The molecule has 1 aliphatic heterocycles. The largest absolute Gasteiger partial charge is 0.335 e. The van der Waals surface area contributed by atoms with Crippen molar-refractivity contribution in [2.24, 2.45) is 0 Å². The predicted molar refractivity (Wildman–Crippen MR) is 98.0 cm³/mol. The minimum absolute atomic E-state index is 0.0189. The van der Waals surface area contributed by atoms with Crippen LogP contribution in [0.1, 0.15) is 23.7 Å². The molecule has 25 heavy (non-hydrogen) atoms. The van der Waals surface area contributed by atoms with E-state index in [2.05, 4.69) is 45.9 Å². The van der Waals surface area contributed by atoms with Gasteiger partial charge in [-0.1, -0.05) is 54.1 Å². The molecule has 0 spiro atoms. The fourth-order valence-electron chi connectivity index (χ4n) is 3.61. The third-order valence-corrected chi connectivity index (χ3v) is 5.22. The summed E-state index contributed by atoms with van der Waals surface area (Å²) in [7, 11) is 2.01. The van der Waals surface area contributed by atoms with E-state index in [0.717, 1.165) is 18.0 Å². The Bertz CT molecular complexity index is 820. The molecule has 1 aromatic heterocycles. The quantitative estimate of drug-likeness (QED) is 0.694. The highest BCUT2D eigenvalue weighted by molar-refractivity contribution is 6.30. The summed E-state index contributed by atoms with van der Waals surface area (Å²) in [5.41, 5.74) is 2.09. The van der Waals surface area contributed by atoms with Gasteiger partial charge in [-0.3, -0.25) is 4.84 Å². The highest BCUT2D eigenvalue weighted by atomic mass is 35.5. The van der Waals surface area contributed by atoms with Crippen LogP contribution in [0.5, 0.6) is 0 Å². The summed E-state index contributed by atoms with van der Waals surface area (Å²) >= 11 is 6.11. The molecule has 2 heterocycles. The molecule has 4 rings (SSSR count). The average Bonchev–Trinajstić information content (AvgIpc) is 3.25. The molecule has 4 nitrogen and oxygen atoms in total.